The molecule has 0 aliphatic heterocycles. The zero-order chi connectivity index (χ0) is 21.6. The summed E-state index contributed by atoms with van der Waals surface area (Å²) in [5.74, 6) is 0.331. The summed E-state index contributed by atoms with van der Waals surface area (Å²) in [5.41, 5.74) is 0. The molecule has 29 heavy (non-hydrogen) atoms. The lowest BCUT2D eigenvalue weighted by Gasteiger charge is -2.20. The van der Waals surface area contributed by atoms with Crippen LogP contribution in [-0.4, -0.2) is 49.4 Å². The highest BCUT2D eigenvalue weighted by molar-refractivity contribution is 5.76. The molecule has 0 saturated carbocycles. The van der Waals surface area contributed by atoms with Gasteiger partial charge in [-0.1, -0.05) is 31.9 Å². The molecule has 0 atom stereocenters. The highest BCUT2D eigenvalue weighted by atomic mass is 16.2. The van der Waals surface area contributed by atoms with Gasteiger partial charge in [-0.15, -0.1) is 13.2 Å². The number of nitrogens with one attached hydrogen (secondary N) is 2. The van der Waals surface area contributed by atoms with Crippen molar-refractivity contribution in [1.29, 1.82) is 0 Å². The number of carbonyl (C=O) groups is 2. The number of carbonyl (C=O) groups excluding carboxylic acids is 2. The van der Waals surface area contributed by atoms with Crippen molar-refractivity contribution in [3.05, 3.63) is 25.3 Å². The van der Waals surface area contributed by atoms with E-state index in [2.05, 4.69) is 35.6 Å². The molecule has 0 radical (unpaired) electrons. The minimum Gasteiger partial charge on any atom is -0.356 e. The summed E-state index contributed by atoms with van der Waals surface area (Å²) in [5, 5.41) is 6.04. The molecule has 0 aromatic heterocycles. The summed E-state index contributed by atoms with van der Waals surface area (Å²) < 4.78 is 0. The number of rotatable bonds is 21. The quantitative estimate of drug-likeness (QED) is 0.216. The van der Waals surface area contributed by atoms with E-state index in [1.54, 1.807) is 0 Å². The molecule has 0 aromatic rings. The van der Waals surface area contributed by atoms with Crippen LogP contribution < -0.4 is 10.6 Å². The molecular weight excluding hydrogens is 362 g/mol. The van der Waals surface area contributed by atoms with Crippen LogP contribution in [0.15, 0.2) is 25.3 Å². The van der Waals surface area contributed by atoms with Crippen molar-refractivity contribution in [2.75, 3.05) is 32.7 Å². The highest BCUT2D eigenvalue weighted by Gasteiger charge is 2.05. The first-order chi connectivity index (χ1) is 14.1. The molecule has 0 spiro atoms. The molecule has 0 aliphatic rings. The van der Waals surface area contributed by atoms with Crippen molar-refractivity contribution in [3.8, 4) is 0 Å². The van der Waals surface area contributed by atoms with E-state index >= 15 is 0 Å². The molecule has 0 unspecified atom stereocenters. The fourth-order valence-electron chi connectivity index (χ4n) is 3.17. The van der Waals surface area contributed by atoms with Crippen molar-refractivity contribution in [3.63, 3.8) is 0 Å². The summed E-state index contributed by atoms with van der Waals surface area (Å²) in [4.78, 5) is 26.0. The third-order valence-corrected chi connectivity index (χ3v) is 5.02. The number of unbranched alkanes of at least 4 members (excludes halogenated alkanes) is 6. The van der Waals surface area contributed by atoms with Crippen LogP contribution in [0, 0.1) is 0 Å². The van der Waals surface area contributed by atoms with Gasteiger partial charge in [-0.25, -0.2) is 0 Å². The Morgan fingerprint density at radius 2 is 1.17 bits per heavy atom. The molecule has 0 saturated heterocycles. The predicted molar refractivity (Wildman–Crippen MR) is 124 cm³/mol. The largest absolute Gasteiger partial charge is 0.356 e. The standard InChI is InChI=1S/C24H45N3O2/c1-4-7-9-11-13-17-23(28)25-19-15-21-27(6-3)22-16-20-26-24(29)18-14-12-10-8-5-2/h4-5H,1-2,6-22H2,3H3,(H,25,28)(H,26,29). The van der Waals surface area contributed by atoms with Crippen LogP contribution in [0.5, 0.6) is 0 Å². The van der Waals surface area contributed by atoms with Crippen molar-refractivity contribution in [1.82, 2.24) is 15.5 Å². The van der Waals surface area contributed by atoms with Gasteiger partial charge in [-0.05, 0) is 71.0 Å². The third-order valence-electron chi connectivity index (χ3n) is 5.02. The maximum atomic E-state index is 11.8. The van der Waals surface area contributed by atoms with Crippen LogP contribution in [0.4, 0.5) is 0 Å². The summed E-state index contributed by atoms with van der Waals surface area (Å²) in [6, 6.07) is 0. The second-order valence-corrected chi connectivity index (χ2v) is 7.62. The summed E-state index contributed by atoms with van der Waals surface area (Å²) in [6.45, 7) is 14.0. The topological polar surface area (TPSA) is 61.4 Å². The van der Waals surface area contributed by atoms with Crippen LogP contribution in [0.25, 0.3) is 0 Å². The number of nitrogens with zero attached hydrogens (tertiary/aromatic N) is 1. The summed E-state index contributed by atoms with van der Waals surface area (Å²) >= 11 is 0. The van der Waals surface area contributed by atoms with Gasteiger partial charge in [0.2, 0.25) is 11.8 Å². The number of allylic oxidation sites excluding steroid dienone is 2. The Morgan fingerprint density at radius 1 is 0.724 bits per heavy atom. The Kier molecular flexibility index (Phi) is 19.9. The molecule has 0 rings (SSSR count). The molecule has 5 heteroatoms. The van der Waals surface area contributed by atoms with Crippen LogP contribution >= 0.6 is 0 Å². The fraction of sp³-hybridized carbons (Fsp3) is 0.750. The van der Waals surface area contributed by atoms with E-state index in [-0.39, 0.29) is 11.8 Å². The summed E-state index contributed by atoms with van der Waals surface area (Å²) in [7, 11) is 0. The van der Waals surface area contributed by atoms with Gasteiger partial charge in [0, 0.05) is 25.9 Å². The first kappa shape index (κ1) is 27.4. The van der Waals surface area contributed by atoms with E-state index in [1.165, 1.54) is 0 Å². The predicted octanol–water partition coefficient (Wildman–Crippen LogP) is 4.59. The molecule has 0 heterocycles. The normalized spacial score (nSPS) is 10.7. The Bertz CT molecular complexity index is 400. The smallest absolute Gasteiger partial charge is 0.219 e. The Balaban J connectivity index is 3.59. The molecular formula is C24H45N3O2. The lowest BCUT2D eigenvalue weighted by molar-refractivity contribution is -0.122. The van der Waals surface area contributed by atoms with Crippen LogP contribution in [0.1, 0.15) is 84.0 Å². The number of hydrogen-bond donors (Lipinski definition) is 2. The van der Waals surface area contributed by atoms with Gasteiger partial charge in [0.05, 0.1) is 0 Å². The number of amides is 2. The van der Waals surface area contributed by atoms with Gasteiger partial charge in [-0.2, -0.15) is 0 Å². The maximum Gasteiger partial charge on any atom is 0.219 e. The molecule has 0 fully saturated rings. The van der Waals surface area contributed by atoms with Gasteiger partial charge < -0.3 is 15.5 Å². The molecule has 2 N–H and O–H groups in total. The van der Waals surface area contributed by atoms with Crippen molar-refractivity contribution in [2.45, 2.75) is 84.0 Å². The molecule has 5 nitrogen and oxygen atoms in total. The zero-order valence-electron chi connectivity index (χ0n) is 18.9. The van der Waals surface area contributed by atoms with Crippen molar-refractivity contribution < 1.29 is 9.59 Å². The van der Waals surface area contributed by atoms with Gasteiger partial charge in [0.15, 0.2) is 0 Å². The second-order valence-electron chi connectivity index (χ2n) is 7.62. The molecule has 168 valence electrons. The first-order valence-electron chi connectivity index (χ1n) is 11.6. The Hall–Kier alpha value is -1.62. The van der Waals surface area contributed by atoms with E-state index < -0.39 is 0 Å². The Morgan fingerprint density at radius 3 is 1.55 bits per heavy atom. The first-order valence-corrected chi connectivity index (χ1v) is 11.6. The van der Waals surface area contributed by atoms with E-state index in [9.17, 15) is 9.59 Å². The average Bonchev–Trinajstić information content (AvgIpc) is 2.72. The zero-order valence-corrected chi connectivity index (χ0v) is 18.9. The molecule has 0 bridgehead atoms. The molecule has 0 aliphatic carbocycles. The Labute approximate surface area is 179 Å². The second kappa shape index (κ2) is 21.1. The van der Waals surface area contributed by atoms with Crippen LogP contribution in [-0.2, 0) is 9.59 Å². The van der Waals surface area contributed by atoms with E-state index in [1.807, 2.05) is 12.2 Å². The van der Waals surface area contributed by atoms with E-state index in [4.69, 9.17) is 0 Å². The van der Waals surface area contributed by atoms with Gasteiger partial charge in [0.1, 0.15) is 0 Å². The van der Waals surface area contributed by atoms with Crippen molar-refractivity contribution in [2.24, 2.45) is 0 Å². The van der Waals surface area contributed by atoms with Crippen LogP contribution in [0.3, 0.4) is 0 Å². The minimum atomic E-state index is 0.166. The molecule has 2 amide bonds. The van der Waals surface area contributed by atoms with Gasteiger partial charge >= 0.3 is 0 Å². The van der Waals surface area contributed by atoms with Crippen LogP contribution in [0.2, 0.25) is 0 Å². The van der Waals surface area contributed by atoms with Gasteiger partial charge in [-0.3, -0.25) is 9.59 Å². The highest BCUT2D eigenvalue weighted by Crippen LogP contribution is 2.04. The lowest BCUT2D eigenvalue weighted by atomic mass is 10.1. The monoisotopic (exact) mass is 407 g/mol. The average molecular weight is 408 g/mol. The van der Waals surface area contributed by atoms with E-state index in [0.717, 1.165) is 96.9 Å². The SMILES string of the molecule is C=CCCCCCC(=O)NCCCN(CC)CCCNC(=O)CCCCCC=C. The number of hydrogen-bond acceptors (Lipinski definition) is 3. The molecule has 0 aromatic carbocycles. The summed E-state index contributed by atoms with van der Waals surface area (Å²) in [6.07, 6.45) is 15.5. The van der Waals surface area contributed by atoms with Crippen molar-refractivity contribution >= 4 is 11.8 Å². The fourth-order valence-corrected chi connectivity index (χ4v) is 3.17. The van der Waals surface area contributed by atoms with Gasteiger partial charge in [0.25, 0.3) is 0 Å². The maximum absolute atomic E-state index is 11.8. The van der Waals surface area contributed by atoms with E-state index in [0.29, 0.717) is 12.8 Å². The third kappa shape index (κ3) is 19.5. The minimum absolute atomic E-state index is 0.166. The lowest BCUT2D eigenvalue weighted by Crippen LogP contribution is -2.32.